The number of ether oxygens (including phenoxy) is 10. The first-order valence-corrected chi connectivity index (χ1v) is 33.1. The van der Waals surface area contributed by atoms with Gasteiger partial charge in [-0.25, -0.2) is 9.59 Å². The van der Waals surface area contributed by atoms with Gasteiger partial charge in [0.1, 0.15) is 46.7 Å². The van der Waals surface area contributed by atoms with Crippen LogP contribution in [0.15, 0.2) is 58.7 Å². The second-order valence-corrected chi connectivity index (χ2v) is 26.6. The van der Waals surface area contributed by atoms with E-state index in [0.717, 1.165) is 0 Å². The molecule has 14 atom stereocenters. The number of carbonyl (C=O) groups excluding carboxylic acids is 5. The van der Waals surface area contributed by atoms with Crippen LogP contribution in [0.5, 0.6) is 11.5 Å². The molecule has 0 bridgehead atoms. The minimum atomic E-state index is -1.63. The Balaban J connectivity index is 1.22. The highest BCUT2D eigenvalue weighted by Crippen LogP contribution is 2.45. The van der Waals surface area contributed by atoms with Gasteiger partial charge in [-0.15, -0.1) is 0 Å². The maximum absolute atomic E-state index is 14.8. The third kappa shape index (κ3) is 19.8. The predicted octanol–water partition coefficient (Wildman–Crippen LogP) is 5.50. The van der Waals surface area contributed by atoms with Crippen LogP contribution in [0.25, 0.3) is 0 Å². The number of hydrogen-bond donors (Lipinski definition) is 7. The molecular formula is C66H96ClIN2O22. The first kappa shape index (κ1) is 76.4. The van der Waals surface area contributed by atoms with E-state index in [0.29, 0.717) is 71.0 Å². The number of allylic oxidation sites excluding steroid dienone is 4. The van der Waals surface area contributed by atoms with Gasteiger partial charge < -0.3 is 92.9 Å². The average Bonchev–Trinajstić information content (AvgIpc) is 0.786. The molecule has 2 amide bonds. The number of benzene rings is 1. The molecule has 0 aliphatic carbocycles. The Morgan fingerprint density at radius 2 is 1.41 bits per heavy atom. The van der Waals surface area contributed by atoms with E-state index in [1.807, 2.05) is 55.5 Å². The van der Waals surface area contributed by atoms with Gasteiger partial charge in [-0.2, -0.15) is 0 Å². The molecule has 0 aromatic heterocycles. The highest BCUT2D eigenvalue weighted by molar-refractivity contribution is 14.1. The van der Waals surface area contributed by atoms with E-state index in [4.69, 9.17) is 59.0 Å². The van der Waals surface area contributed by atoms with Crippen molar-refractivity contribution >= 4 is 63.9 Å². The van der Waals surface area contributed by atoms with Crippen molar-refractivity contribution in [3.05, 3.63) is 78.5 Å². The van der Waals surface area contributed by atoms with Crippen LogP contribution in [0.3, 0.4) is 0 Å². The lowest BCUT2D eigenvalue weighted by molar-refractivity contribution is -0.333. The van der Waals surface area contributed by atoms with Crippen molar-refractivity contribution in [3.8, 4) is 11.5 Å². The van der Waals surface area contributed by atoms with E-state index in [1.165, 1.54) is 38.0 Å². The number of esters is 3. The Labute approximate surface area is 557 Å². The number of amides is 2. The van der Waals surface area contributed by atoms with E-state index in [1.54, 1.807) is 58.6 Å². The molecule has 0 spiro atoms. The van der Waals surface area contributed by atoms with Gasteiger partial charge in [0.2, 0.25) is 0 Å². The molecular weight excluding hydrogens is 1340 g/mol. The summed E-state index contributed by atoms with van der Waals surface area (Å²) in [5.74, 6) is -4.43. The summed E-state index contributed by atoms with van der Waals surface area (Å²) in [6.45, 7) is 18.4. The van der Waals surface area contributed by atoms with Gasteiger partial charge in [-0.05, 0) is 139 Å². The summed E-state index contributed by atoms with van der Waals surface area (Å²) >= 11 is 9.01. The van der Waals surface area contributed by atoms with Crippen molar-refractivity contribution in [2.45, 2.75) is 225 Å². The van der Waals surface area contributed by atoms with Crippen LogP contribution in [-0.2, 0) is 63.5 Å². The Hall–Kier alpha value is -4.59. The molecule has 4 saturated heterocycles. The third-order valence-corrected chi connectivity index (χ3v) is 18.7. The summed E-state index contributed by atoms with van der Waals surface area (Å²) in [4.78, 5) is 71.6. The van der Waals surface area contributed by atoms with Crippen LogP contribution in [0.4, 0.5) is 0 Å². The van der Waals surface area contributed by atoms with E-state index in [9.17, 15) is 59.7 Å². The van der Waals surface area contributed by atoms with Crippen LogP contribution >= 0.6 is 34.2 Å². The van der Waals surface area contributed by atoms with Crippen molar-refractivity contribution in [2.75, 3.05) is 53.1 Å². The fourth-order valence-corrected chi connectivity index (χ4v) is 13.1. The smallest absolute Gasteiger partial charge is 0.342 e. The molecule has 4 fully saturated rings. The van der Waals surface area contributed by atoms with Crippen LogP contribution in [0.2, 0.25) is 5.02 Å². The molecule has 6 rings (SSSR count). The minimum absolute atomic E-state index is 0.0190. The molecule has 516 valence electrons. The lowest BCUT2D eigenvalue weighted by atomic mass is 9.88. The Kier molecular flexibility index (Phi) is 29.0. The van der Waals surface area contributed by atoms with Gasteiger partial charge in [-0.1, -0.05) is 75.2 Å². The molecule has 5 aliphatic heterocycles. The van der Waals surface area contributed by atoms with Gasteiger partial charge >= 0.3 is 17.9 Å². The molecule has 1 aromatic carbocycles. The number of carbonyl (C=O) groups is 5. The summed E-state index contributed by atoms with van der Waals surface area (Å²) in [6.07, 6.45) is -5.39. The molecule has 92 heavy (non-hydrogen) atoms. The van der Waals surface area contributed by atoms with E-state index in [-0.39, 0.29) is 65.9 Å². The molecule has 26 heteroatoms. The summed E-state index contributed by atoms with van der Waals surface area (Å²) in [6, 6.07) is 0. The van der Waals surface area contributed by atoms with Gasteiger partial charge in [0.05, 0.1) is 58.3 Å². The number of cyclic esters (lactones) is 1. The standard InChI is InChI=1S/C66H96ClIN2O22/c1-13-40-30-36(6)45(74)18-16-15-17-41(62(81)88-46(38(8)71)20-19-35(5)29-37(7)55(40)90-64-53(78)52(77)60(66(10,11)92-64)91-61(80)34(3)4)31-86-65-59(83-12)54(79)56(39(9)87-65)89-63(82)49-44(14-2)51(68)58(85-33-48(76)70-27-23-43(73)24-28-70)50(67)57(49)84-32-47(75)69-25-21-42(72)22-26-69/h15-17,19,29-30,34,38-40,42-43,45-46,52-56,59-60,64-65,71-74,77-79H,13-14,18,20-28,31-33H2,1-12H3/b16-15+,35-19+,36-30+,37-29+,41-17+/t38-,39?,40+,45+,46+,52?,53?,54?,55-,56?,59?,60?,64?,65?/m1/s1. The predicted molar refractivity (Wildman–Crippen MR) is 344 cm³/mol. The largest absolute Gasteiger partial charge is 0.481 e. The molecule has 0 radical (unpaired) electrons. The summed E-state index contributed by atoms with van der Waals surface area (Å²) in [7, 11) is 1.28. The molecule has 5 heterocycles. The molecule has 9 unspecified atom stereocenters. The number of likely N-dealkylation sites (tertiary alicyclic amines) is 2. The van der Waals surface area contributed by atoms with E-state index >= 15 is 0 Å². The van der Waals surface area contributed by atoms with Crippen molar-refractivity contribution in [1.82, 2.24) is 9.80 Å². The topological polar surface area (TPSA) is 326 Å². The molecule has 7 N–H and O–H groups in total. The van der Waals surface area contributed by atoms with Gasteiger partial charge in [0.25, 0.3) is 11.8 Å². The number of halogens is 2. The zero-order valence-corrected chi connectivity index (χ0v) is 57.7. The second kappa shape index (κ2) is 34.9. The first-order valence-electron chi connectivity index (χ1n) is 31.7. The Bertz CT molecular complexity index is 2860. The third-order valence-electron chi connectivity index (χ3n) is 17.3. The fourth-order valence-electron chi connectivity index (χ4n) is 11.5. The van der Waals surface area contributed by atoms with E-state index < -0.39 is 153 Å². The second-order valence-electron chi connectivity index (χ2n) is 25.1. The highest BCUT2D eigenvalue weighted by atomic mass is 127. The lowest BCUT2D eigenvalue weighted by Gasteiger charge is -2.47. The van der Waals surface area contributed by atoms with Crippen LogP contribution < -0.4 is 9.47 Å². The van der Waals surface area contributed by atoms with E-state index in [2.05, 4.69) is 0 Å². The highest BCUT2D eigenvalue weighted by Gasteiger charge is 2.53. The number of methoxy groups -OCH3 is 1. The summed E-state index contributed by atoms with van der Waals surface area (Å²) in [5, 5.41) is 77.2. The van der Waals surface area contributed by atoms with Crippen molar-refractivity contribution < 1.29 is 107 Å². The van der Waals surface area contributed by atoms with Crippen LogP contribution in [0.1, 0.15) is 137 Å². The summed E-state index contributed by atoms with van der Waals surface area (Å²) < 4.78 is 61.3. The molecule has 0 saturated carbocycles. The molecule has 5 aliphatic rings. The van der Waals surface area contributed by atoms with Gasteiger partial charge in [0.15, 0.2) is 49.5 Å². The average molecular weight is 1430 g/mol. The first-order chi connectivity index (χ1) is 43.4. The molecule has 1 aromatic rings. The van der Waals surface area contributed by atoms with Crippen LogP contribution in [-0.4, -0.2) is 226 Å². The number of nitrogens with zero attached hydrogens (tertiary/aromatic N) is 2. The summed E-state index contributed by atoms with van der Waals surface area (Å²) in [5.41, 5.74) is 0.741. The number of rotatable bonds is 19. The normalized spacial score (nSPS) is 32.2. The molecule has 24 nitrogen and oxygen atoms in total. The van der Waals surface area contributed by atoms with Crippen molar-refractivity contribution in [3.63, 3.8) is 0 Å². The van der Waals surface area contributed by atoms with Crippen molar-refractivity contribution in [2.24, 2.45) is 11.8 Å². The SMILES string of the molecule is CCc1c(I)c(OCC(=O)N2CCC(O)CC2)c(Cl)c(OCC(=O)N2CCC(O)CC2)c1C(=O)OC1C(C)OC(OC/C2=C\C=C\C[C@H](O)/C(C)=C/[C@H](CC)[C@H](OC3OC(C)(C)C(OC(=O)C(C)C)C(O)C3O)/C(C)=C/C(C)=C/C[C@@H]([C@@H](C)O)OC2=O)C(OC)C1O. The zero-order chi connectivity index (χ0) is 68.1. The van der Waals surface area contributed by atoms with Gasteiger partial charge in [0, 0.05) is 45.6 Å². The van der Waals surface area contributed by atoms with Crippen molar-refractivity contribution in [1.29, 1.82) is 0 Å². The minimum Gasteiger partial charge on any atom is -0.481 e. The van der Waals surface area contributed by atoms with Gasteiger partial charge in [-0.3, -0.25) is 14.4 Å². The zero-order valence-electron chi connectivity index (χ0n) is 54.8. The number of aliphatic hydroxyl groups excluding tert-OH is 7. The Morgan fingerprint density at radius 1 is 0.815 bits per heavy atom. The monoisotopic (exact) mass is 1430 g/mol. The number of aliphatic hydroxyl groups is 7. The quantitative estimate of drug-likeness (QED) is 0.0389. The Morgan fingerprint density at radius 3 is 1.97 bits per heavy atom. The maximum atomic E-state index is 14.8. The lowest BCUT2D eigenvalue weighted by Crippen LogP contribution is -2.64. The van der Waals surface area contributed by atoms with Crippen LogP contribution in [0, 0.1) is 15.4 Å². The maximum Gasteiger partial charge on any atom is 0.342 e. The fraction of sp³-hybridized carbons (Fsp3) is 0.682. The number of hydrogen-bond acceptors (Lipinski definition) is 22. The number of piperidine rings is 2.